The lowest BCUT2D eigenvalue weighted by Gasteiger charge is -2.37. The second-order valence-electron chi connectivity index (χ2n) is 5.44. The van der Waals surface area contributed by atoms with E-state index in [2.05, 4.69) is 44.9 Å². The summed E-state index contributed by atoms with van der Waals surface area (Å²) in [5.74, 6) is 1.58. The first-order chi connectivity index (χ1) is 6.32. The third-order valence-corrected chi connectivity index (χ3v) is 2.63. The maximum absolute atomic E-state index is 4.34. The van der Waals surface area contributed by atoms with Crippen LogP contribution in [-0.2, 0) is 0 Å². The normalized spacial score (nSPS) is 22.9. The molecule has 0 aromatic heterocycles. The first-order valence-corrected chi connectivity index (χ1v) is 5.33. The summed E-state index contributed by atoms with van der Waals surface area (Å²) in [6.45, 7) is 13.3. The van der Waals surface area contributed by atoms with E-state index in [9.17, 15) is 0 Å². The quantitative estimate of drug-likeness (QED) is 0.682. The number of rotatable bonds is 1. The molecule has 1 atom stereocenters. The minimum atomic E-state index is 0.243. The standard InChI is InChI=1S/C12H22N2/c1-8(2)10-7-13-9(3)14-11(10)12(4,5)6/h7-8,11H,1-6H3,(H,13,14). The highest BCUT2D eigenvalue weighted by molar-refractivity contribution is 5.82. The van der Waals surface area contributed by atoms with Gasteiger partial charge in [-0.15, -0.1) is 0 Å². The van der Waals surface area contributed by atoms with Gasteiger partial charge in [-0.05, 0) is 23.8 Å². The van der Waals surface area contributed by atoms with Gasteiger partial charge in [0, 0.05) is 6.20 Å². The highest BCUT2D eigenvalue weighted by Crippen LogP contribution is 2.30. The second kappa shape index (κ2) is 3.76. The van der Waals surface area contributed by atoms with Crippen molar-refractivity contribution >= 4 is 5.84 Å². The number of nitrogens with zero attached hydrogens (tertiary/aromatic N) is 1. The van der Waals surface area contributed by atoms with Gasteiger partial charge in [0.1, 0.15) is 0 Å². The van der Waals surface area contributed by atoms with Crippen LogP contribution in [0, 0.1) is 11.3 Å². The number of amidine groups is 1. The molecule has 1 rings (SSSR count). The van der Waals surface area contributed by atoms with Gasteiger partial charge in [0.2, 0.25) is 0 Å². The van der Waals surface area contributed by atoms with E-state index in [0.717, 1.165) is 5.84 Å². The average molecular weight is 194 g/mol. The third-order valence-electron chi connectivity index (χ3n) is 2.63. The van der Waals surface area contributed by atoms with Gasteiger partial charge in [0.05, 0.1) is 11.9 Å². The van der Waals surface area contributed by atoms with E-state index in [1.165, 1.54) is 5.57 Å². The van der Waals surface area contributed by atoms with Crippen LogP contribution in [0.1, 0.15) is 41.5 Å². The molecular weight excluding hydrogens is 172 g/mol. The van der Waals surface area contributed by atoms with Gasteiger partial charge < -0.3 is 5.32 Å². The summed E-state index contributed by atoms with van der Waals surface area (Å²) in [6, 6.07) is 0.417. The van der Waals surface area contributed by atoms with Crippen LogP contribution in [0.5, 0.6) is 0 Å². The van der Waals surface area contributed by atoms with Gasteiger partial charge in [-0.1, -0.05) is 34.6 Å². The molecule has 0 aromatic carbocycles. The first kappa shape index (κ1) is 11.3. The van der Waals surface area contributed by atoms with Crippen LogP contribution in [-0.4, -0.2) is 11.9 Å². The van der Waals surface area contributed by atoms with Crippen molar-refractivity contribution in [1.82, 2.24) is 5.32 Å². The lowest BCUT2D eigenvalue weighted by molar-refractivity contribution is 0.313. The van der Waals surface area contributed by atoms with Crippen molar-refractivity contribution in [2.45, 2.75) is 47.6 Å². The summed E-state index contributed by atoms with van der Waals surface area (Å²) in [4.78, 5) is 4.34. The van der Waals surface area contributed by atoms with E-state index in [1.807, 2.05) is 13.1 Å². The van der Waals surface area contributed by atoms with Crippen molar-refractivity contribution in [3.63, 3.8) is 0 Å². The second-order valence-corrected chi connectivity index (χ2v) is 5.44. The summed E-state index contributed by atoms with van der Waals surface area (Å²) >= 11 is 0. The van der Waals surface area contributed by atoms with Crippen LogP contribution in [0.3, 0.4) is 0 Å². The lowest BCUT2D eigenvalue weighted by Crippen LogP contribution is -2.46. The van der Waals surface area contributed by atoms with Crippen LogP contribution in [0.25, 0.3) is 0 Å². The van der Waals surface area contributed by atoms with Crippen molar-refractivity contribution in [3.05, 3.63) is 11.8 Å². The molecule has 0 radical (unpaired) electrons. The topological polar surface area (TPSA) is 24.4 Å². The van der Waals surface area contributed by atoms with E-state index in [-0.39, 0.29) is 5.41 Å². The fourth-order valence-corrected chi connectivity index (χ4v) is 1.77. The summed E-state index contributed by atoms with van der Waals surface area (Å²) in [7, 11) is 0. The predicted molar refractivity (Wildman–Crippen MR) is 62.4 cm³/mol. The number of hydrogen-bond donors (Lipinski definition) is 1. The molecule has 2 nitrogen and oxygen atoms in total. The van der Waals surface area contributed by atoms with Crippen molar-refractivity contribution in [3.8, 4) is 0 Å². The van der Waals surface area contributed by atoms with Crippen molar-refractivity contribution in [2.75, 3.05) is 0 Å². The molecule has 1 heterocycles. The molecule has 0 aliphatic carbocycles. The van der Waals surface area contributed by atoms with Crippen LogP contribution in [0.15, 0.2) is 16.8 Å². The highest BCUT2D eigenvalue weighted by Gasteiger charge is 2.31. The zero-order chi connectivity index (χ0) is 10.9. The van der Waals surface area contributed by atoms with Gasteiger partial charge in [0.25, 0.3) is 0 Å². The Morgan fingerprint density at radius 2 is 1.93 bits per heavy atom. The lowest BCUT2D eigenvalue weighted by atomic mass is 9.78. The van der Waals surface area contributed by atoms with E-state index >= 15 is 0 Å². The van der Waals surface area contributed by atoms with Crippen molar-refractivity contribution in [1.29, 1.82) is 0 Å². The largest absolute Gasteiger partial charge is 0.367 e. The van der Waals surface area contributed by atoms with E-state index in [1.54, 1.807) is 0 Å². The Morgan fingerprint density at radius 3 is 2.36 bits per heavy atom. The van der Waals surface area contributed by atoms with Crippen LogP contribution in [0.4, 0.5) is 0 Å². The predicted octanol–water partition coefficient (Wildman–Crippen LogP) is 2.96. The fourth-order valence-electron chi connectivity index (χ4n) is 1.77. The molecule has 0 fully saturated rings. The van der Waals surface area contributed by atoms with Crippen LogP contribution in [0.2, 0.25) is 0 Å². The number of aliphatic imine (C=N–C) groups is 1. The van der Waals surface area contributed by atoms with Crippen molar-refractivity contribution in [2.24, 2.45) is 16.3 Å². The zero-order valence-corrected chi connectivity index (χ0v) is 10.2. The zero-order valence-electron chi connectivity index (χ0n) is 10.2. The number of nitrogens with one attached hydrogen (secondary N) is 1. The minimum Gasteiger partial charge on any atom is -0.367 e. The first-order valence-electron chi connectivity index (χ1n) is 5.33. The molecule has 80 valence electrons. The molecule has 1 N–H and O–H groups in total. The Hall–Kier alpha value is -0.790. The molecule has 0 bridgehead atoms. The SMILES string of the molecule is CC1=NC=C(C(C)C)C(C(C)(C)C)N1. The van der Waals surface area contributed by atoms with Gasteiger partial charge >= 0.3 is 0 Å². The summed E-state index contributed by atoms with van der Waals surface area (Å²) in [5.41, 5.74) is 1.65. The molecule has 1 unspecified atom stereocenters. The maximum Gasteiger partial charge on any atom is 0.0988 e. The van der Waals surface area contributed by atoms with Crippen LogP contribution < -0.4 is 5.32 Å². The van der Waals surface area contributed by atoms with Crippen molar-refractivity contribution < 1.29 is 0 Å². The monoisotopic (exact) mass is 194 g/mol. The molecule has 2 heteroatoms. The average Bonchev–Trinajstić information content (AvgIpc) is 2.01. The fraction of sp³-hybridized carbons (Fsp3) is 0.750. The summed E-state index contributed by atoms with van der Waals surface area (Å²) in [5, 5.41) is 3.47. The van der Waals surface area contributed by atoms with Gasteiger partial charge in [-0.2, -0.15) is 0 Å². The Labute approximate surface area is 87.5 Å². The van der Waals surface area contributed by atoms with E-state index in [0.29, 0.717) is 12.0 Å². The summed E-state index contributed by atoms with van der Waals surface area (Å²) in [6.07, 6.45) is 2.03. The molecule has 0 saturated carbocycles. The minimum absolute atomic E-state index is 0.243. The molecular formula is C12H22N2. The number of hydrogen-bond acceptors (Lipinski definition) is 2. The third kappa shape index (κ3) is 2.37. The van der Waals surface area contributed by atoms with Gasteiger partial charge in [0.15, 0.2) is 0 Å². The van der Waals surface area contributed by atoms with E-state index < -0.39 is 0 Å². The Balaban J connectivity index is 2.97. The summed E-state index contributed by atoms with van der Waals surface area (Å²) < 4.78 is 0. The molecule has 0 spiro atoms. The molecule has 0 saturated heterocycles. The smallest absolute Gasteiger partial charge is 0.0988 e. The highest BCUT2D eigenvalue weighted by atomic mass is 15.0. The molecule has 1 aliphatic rings. The molecule has 0 amide bonds. The Kier molecular flexibility index (Phi) is 3.03. The van der Waals surface area contributed by atoms with Gasteiger partial charge in [-0.25, -0.2) is 4.99 Å². The Morgan fingerprint density at radius 1 is 1.36 bits per heavy atom. The Bertz CT molecular complexity index is 267. The van der Waals surface area contributed by atoms with E-state index in [4.69, 9.17) is 0 Å². The molecule has 1 aliphatic heterocycles. The maximum atomic E-state index is 4.34. The van der Waals surface area contributed by atoms with Crippen LogP contribution >= 0.6 is 0 Å². The molecule has 0 aromatic rings. The van der Waals surface area contributed by atoms with Gasteiger partial charge in [-0.3, -0.25) is 0 Å². The molecule has 14 heavy (non-hydrogen) atoms.